The quantitative estimate of drug-likeness (QED) is 0.860. The van der Waals surface area contributed by atoms with Crippen molar-refractivity contribution >= 4 is 21.6 Å². The predicted octanol–water partition coefficient (Wildman–Crippen LogP) is 3.70. The van der Waals surface area contributed by atoms with Crippen LogP contribution < -0.4 is 5.32 Å². The van der Waals surface area contributed by atoms with E-state index in [0.29, 0.717) is 18.7 Å². The van der Waals surface area contributed by atoms with E-state index in [1.807, 2.05) is 0 Å². The molecule has 2 aromatic rings. The summed E-state index contributed by atoms with van der Waals surface area (Å²) in [4.78, 5) is 12.4. The summed E-state index contributed by atoms with van der Waals surface area (Å²) in [7, 11) is -3.68. The Morgan fingerprint density at radius 1 is 1.04 bits per heavy atom. The highest BCUT2D eigenvalue weighted by atomic mass is 32.2. The number of nitrogens with one attached hydrogen (secondary N) is 1. The molecule has 0 radical (unpaired) electrons. The normalized spacial score (nSPS) is 15.5. The van der Waals surface area contributed by atoms with Crippen molar-refractivity contribution in [2.75, 3.05) is 18.4 Å². The lowest BCUT2D eigenvalue weighted by Gasteiger charge is -2.26. The highest BCUT2D eigenvalue weighted by Crippen LogP contribution is 2.26. The van der Waals surface area contributed by atoms with Gasteiger partial charge in [-0.15, -0.1) is 0 Å². The third-order valence-corrected chi connectivity index (χ3v) is 6.59. The van der Waals surface area contributed by atoms with E-state index in [-0.39, 0.29) is 10.6 Å². The van der Waals surface area contributed by atoms with Crippen molar-refractivity contribution in [3.05, 3.63) is 59.2 Å². The maximum Gasteiger partial charge on any atom is 0.258 e. The number of hydrogen-bond acceptors (Lipinski definition) is 3. The summed E-state index contributed by atoms with van der Waals surface area (Å²) in [5.74, 6) is -2.45. The first kappa shape index (κ1) is 19.4. The van der Waals surface area contributed by atoms with E-state index in [2.05, 4.69) is 5.32 Å². The maximum absolute atomic E-state index is 13.8. The second-order valence-corrected chi connectivity index (χ2v) is 8.43. The lowest BCUT2D eigenvalue weighted by molar-refractivity contribution is 0.102. The molecule has 27 heavy (non-hydrogen) atoms. The average molecular weight is 394 g/mol. The third kappa shape index (κ3) is 4.17. The van der Waals surface area contributed by atoms with E-state index in [4.69, 9.17) is 0 Å². The molecule has 8 heteroatoms. The van der Waals surface area contributed by atoms with Crippen LogP contribution in [0.4, 0.5) is 14.5 Å². The van der Waals surface area contributed by atoms with Crippen LogP contribution in [0.25, 0.3) is 0 Å². The number of anilines is 1. The molecule has 0 atom stereocenters. The van der Waals surface area contributed by atoms with E-state index >= 15 is 0 Å². The van der Waals surface area contributed by atoms with Crippen LogP contribution in [0.5, 0.6) is 0 Å². The Bertz CT molecular complexity index is 971. The van der Waals surface area contributed by atoms with Gasteiger partial charge in [0.15, 0.2) is 0 Å². The van der Waals surface area contributed by atoms with Crippen LogP contribution in [0.3, 0.4) is 0 Å². The molecule has 0 spiro atoms. The Balaban J connectivity index is 1.89. The number of halogens is 2. The fourth-order valence-electron chi connectivity index (χ4n) is 3.07. The summed E-state index contributed by atoms with van der Waals surface area (Å²) in [6.07, 6.45) is 2.63. The van der Waals surface area contributed by atoms with Gasteiger partial charge in [-0.25, -0.2) is 17.2 Å². The maximum atomic E-state index is 13.8. The zero-order chi connectivity index (χ0) is 19.6. The van der Waals surface area contributed by atoms with Crippen LogP contribution in [-0.2, 0) is 10.0 Å². The van der Waals surface area contributed by atoms with Gasteiger partial charge in [0.2, 0.25) is 10.0 Å². The molecule has 1 heterocycles. The molecule has 0 saturated carbocycles. The van der Waals surface area contributed by atoms with Crippen molar-refractivity contribution in [1.29, 1.82) is 0 Å². The minimum atomic E-state index is -3.68. The van der Waals surface area contributed by atoms with Gasteiger partial charge in [-0.2, -0.15) is 4.31 Å². The number of amides is 1. The van der Waals surface area contributed by atoms with E-state index < -0.39 is 33.1 Å². The van der Waals surface area contributed by atoms with Crippen LogP contribution in [0, 0.1) is 18.6 Å². The Hall–Kier alpha value is -2.32. The van der Waals surface area contributed by atoms with E-state index in [0.717, 1.165) is 37.5 Å². The fourth-order valence-corrected chi connectivity index (χ4v) is 4.84. The second kappa shape index (κ2) is 7.74. The summed E-state index contributed by atoms with van der Waals surface area (Å²) in [5, 5.41) is 2.44. The topological polar surface area (TPSA) is 66.5 Å². The zero-order valence-electron chi connectivity index (χ0n) is 14.8. The minimum Gasteiger partial charge on any atom is -0.322 e. The first-order valence-electron chi connectivity index (χ1n) is 8.66. The highest BCUT2D eigenvalue weighted by Gasteiger charge is 2.27. The molecule has 1 aliphatic rings. The lowest BCUT2D eigenvalue weighted by atomic mass is 10.1. The molecule has 144 valence electrons. The number of benzene rings is 2. The van der Waals surface area contributed by atoms with Gasteiger partial charge < -0.3 is 5.32 Å². The number of aryl methyl sites for hydroxylation is 1. The lowest BCUT2D eigenvalue weighted by Crippen LogP contribution is -2.36. The first-order chi connectivity index (χ1) is 12.8. The largest absolute Gasteiger partial charge is 0.322 e. The molecule has 1 fully saturated rings. The average Bonchev–Trinajstić information content (AvgIpc) is 2.65. The molecule has 3 rings (SSSR count). The van der Waals surface area contributed by atoms with Crippen molar-refractivity contribution < 1.29 is 22.0 Å². The van der Waals surface area contributed by atoms with Crippen molar-refractivity contribution in [3.8, 4) is 0 Å². The number of carbonyl (C=O) groups is 1. The van der Waals surface area contributed by atoms with Crippen LogP contribution in [-0.4, -0.2) is 31.7 Å². The van der Waals surface area contributed by atoms with Crippen LogP contribution in [0.2, 0.25) is 0 Å². The first-order valence-corrected chi connectivity index (χ1v) is 10.1. The molecular formula is C19H20F2N2O3S. The molecule has 1 saturated heterocycles. The van der Waals surface area contributed by atoms with Crippen molar-refractivity contribution in [1.82, 2.24) is 4.31 Å². The molecular weight excluding hydrogens is 374 g/mol. The standard InChI is InChI=1S/C19H20F2N2O3S/c1-13-5-7-15(22-19(24)16-11-14(20)6-8-17(16)21)12-18(13)27(25,26)23-9-3-2-4-10-23/h5-8,11-12H,2-4,9-10H2,1H3,(H,22,24). The third-order valence-electron chi connectivity index (χ3n) is 4.55. The molecule has 2 aromatic carbocycles. The van der Waals surface area contributed by atoms with Gasteiger partial charge in [0.1, 0.15) is 11.6 Å². The summed E-state index contributed by atoms with van der Waals surface area (Å²) < 4.78 is 54.3. The molecule has 1 N–H and O–H groups in total. The van der Waals surface area contributed by atoms with E-state index in [9.17, 15) is 22.0 Å². The van der Waals surface area contributed by atoms with E-state index in [1.165, 1.54) is 16.4 Å². The van der Waals surface area contributed by atoms with Crippen LogP contribution in [0.15, 0.2) is 41.3 Å². The van der Waals surface area contributed by atoms with Gasteiger partial charge in [-0.1, -0.05) is 12.5 Å². The van der Waals surface area contributed by atoms with Crippen molar-refractivity contribution in [3.63, 3.8) is 0 Å². The van der Waals surface area contributed by atoms with Crippen LogP contribution >= 0.6 is 0 Å². The number of carbonyl (C=O) groups excluding carboxylic acids is 1. The van der Waals surface area contributed by atoms with Gasteiger partial charge >= 0.3 is 0 Å². The minimum absolute atomic E-state index is 0.0990. The fraction of sp³-hybridized carbons (Fsp3) is 0.316. The molecule has 0 unspecified atom stereocenters. The van der Waals surface area contributed by atoms with E-state index in [1.54, 1.807) is 13.0 Å². The molecule has 1 amide bonds. The SMILES string of the molecule is Cc1ccc(NC(=O)c2cc(F)ccc2F)cc1S(=O)(=O)N1CCCCC1. The summed E-state index contributed by atoms with van der Waals surface area (Å²) in [6.45, 7) is 2.61. The molecule has 0 bridgehead atoms. The monoisotopic (exact) mass is 394 g/mol. The Kier molecular flexibility index (Phi) is 5.57. The summed E-state index contributed by atoms with van der Waals surface area (Å²) >= 11 is 0. The number of piperidine rings is 1. The Morgan fingerprint density at radius 2 is 1.74 bits per heavy atom. The molecule has 5 nitrogen and oxygen atoms in total. The summed E-state index contributed by atoms with van der Waals surface area (Å²) in [6, 6.07) is 7.04. The van der Waals surface area contributed by atoms with Gasteiger partial charge in [0.25, 0.3) is 5.91 Å². The number of sulfonamides is 1. The number of rotatable bonds is 4. The van der Waals surface area contributed by atoms with Crippen molar-refractivity contribution in [2.24, 2.45) is 0 Å². The molecule has 0 aromatic heterocycles. The Labute approximate surface area is 157 Å². The molecule has 0 aliphatic carbocycles. The Morgan fingerprint density at radius 3 is 2.44 bits per heavy atom. The smallest absolute Gasteiger partial charge is 0.258 e. The zero-order valence-corrected chi connectivity index (χ0v) is 15.7. The highest BCUT2D eigenvalue weighted by molar-refractivity contribution is 7.89. The van der Waals surface area contributed by atoms with Crippen LogP contribution in [0.1, 0.15) is 35.2 Å². The number of hydrogen-bond donors (Lipinski definition) is 1. The van der Waals surface area contributed by atoms with Gasteiger partial charge in [-0.05, 0) is 55.7 Å². The van der Waals surface area contributed by atoms with Gasteiger partial charge in [-0.3, -0.25) is 4.79 Å². The van der Waals surface area contributed by atoms with Crippen molar-refractivity contribution in [2.45, 2.75) is 31.1 Å². The molecule has 1 aliphatic heterocycles. The number of nitrogens with zero attached hydrogens (tertiary/aromatic N) is 1. The second-order valence-electron chi connectivity index (χ2n) is 6.52. The summed E-state index contributed by atoms with van der Waals surface area (Å²) in [5.41, 5.74) is 0.302. The van der Waals surface area contributed by atoms with Gasteiger partial charge in [0, 0.05) is 18.8 Å². The van der Waals surface area contributed by atoms with Gasteiger partial charge in [0.05, 0.1) is 10.5 Å². The predicted molar refractivity (Wildman–Crippen MR) is 98.1 cm³/mol.